The lowest BCUT2D eigenvalue weighted by atomic mass is 9.67. The molecule has 4 aliphatic rings. The van der Waals surface area contributed by atoms with Gasteiger partial charge < -0.3 is 25.0 Å². The maximum atomic E-state index is 13.9. The minimum absolute atomic E-state index is 0.0158. The molecule has 0 radical (unpaired) electrons. The minimum atomic E-state index is -1.16. The Kier molecular flexibility index (Phi) is 9.05. The van der Waals surface area contributed by atoms with Gasteiger partial charge >= 0.3 is 11.8 Å². The number of fused-ring (bicyclic) bond motifs is 2. The Morgan fingerprint density at radius 2 is 1.87 bits per heavy atom. The molecule has 0 unspecified atom stereocenters. The Balaban J connectivity index is 1.55. The molecule has 244 valence electrons. The van der Waals surface area contributed by atoms with Crippen molar-refractivity contribution in [1.29, 1.82) is 0 Å². The number of rotatable bonds is 8. The van der Waals surface area contributed by atoms with Crippen LogP contribution < -0.4 is 10.9 Å². The summed E-state index contributed by atoms with van der Waals surface area (Å²) in [5, 5.41) is 13.8. The van der Waals surface area contributed by atoms with Crippen LogP contribution in [-0.2, 0) is 33.0 Å². The maximum Gasteiger partial charge on any atom is 0.312 e. The lowest BCUT2D eigenvalue weighted by molar-refractivity contribution is -0.155. The average molecular weight is 627 g/mol. The molecule has 4 heterocycles. The Morgan fingerprint density at radius 3 is 2.51 bits per heavy atom. The number of benzene rings is 1. The van der Waals surface area contributed by atoms with Crippen molar-refractivity contribution in [1.82, 2.24) is 29.6 Å². The number of amides is 3. The third kappa shape index (κ3) is 5.95. The number of halogens is 1. The van der Waals surface area contributed by atoms with E-state index in [9.17, 15) is 28.7 Å². The van der Waals surface area contributed by atoms with E-state index >= 15 is 0 Å². The molecule has 13 heteroatoms. The zero-order valence-electron chi connectivity index (χ0n) is 26.7. The highest BCUT2D eigenvalue weighted by Gasteiger charge is 2.55. The summed E-state index contributed by atoms with van der Waals surface area (Å²) in [6.45, 7) is 4.11. The second-order valence-corrected chi connectivity index (χ2v) is 13.1. The van der Waals surface area contributed by atoms with Crippen LogP contribution in [0.5, 0.6) is 5.75 Å². The summed E-state index contributed by atoms with van der Waals surface area (Å²) in [5.74, 6) is -3.21. The highest BCUT2D eigenvalue weighted by Crippen LogP contribution is 2.52. The molecule has 1 atom stereocenters. The van der Waals surface area contributed by atoms with Gasteiger partial charge in [0.05, 0.1) is 6.61 Å². The molecule has 12 nitrogen and oxygen atoms in total. The molecule has 0 spiro atoms. The molecule has 3 amide bonds. The Hall–Kier alpha value is -3.84. The summed E-state index contributed by atoms with van der Waals surface area (Å²) in [7, 11) is 6.22. The van der Waals surface area contributed by atoms with Crippen LogP contribution in [0.25, 0.3) is 0 Å². The average Bonchev–Trinajstić information content (AvgIpc) is 3.33. The van der Waals surface area contributed by atoms with Gasteiger partial charge in [0.1, 0.15) is 17.2 Å². The molecule has 3 aliphatic heterocycles. The van der Waals surface area contributed by atoms with E-state index in [0.29, 0.717) is 50.0 Å². The fourth-order valence-electron chi connectivity index (χ4n) is 7.34. The van der Waals surface area contributed by atoms with Crippen molar-refractivity contribution in [2.75, 3.05) is 47.9 Å². The second-order valence-electron chi connectivity index (χ2n) is 13.1. The molecule has 1 saturated heterocycles. The summed E-state index contributed by atoms with van der Waals surface area (Å²) in [4.78, 5) is 63.3. The fourth-order valence-corrected chi connectivity index (χ4v) is 7.34. The summed E-state index contributed by atoms with van der Waals surface area (Å²) < 4.78 is 20.6. The van der Waals surface area contributed by atoms with Crippen molar-refractivity contribution in [3.8, 4) is 5.75 Å². The molecular weight excluding hydrogens is 583 g/mol. The number of ether oxygens (including phenoxy) is 1. The third-order valence-corrected chi connectivity index (χ3v) is 10.0. The number of methoxy groups -OCH3 is 1. The van der Waals surface area contributed by atoms with E-state index in [0.717, 1.165) is 19.4 Å². The lowest BCUT2D eigenvalue weighted by Gasteiger charge is -2.47. The van der Waals surface area contributed by atoms with Crippen molar-refractivity contribution < 1.29 is 28.6 Å². The number of likely N-dealkylation sites (N-methyl/N-ethyl adjacent to an activating group) is 2. The predicted molar refractivity (Wildman–Crippen MR) is 163 cm³/mol. The van der Waals surface area contributed by atoms with Crippen LogP contribution in [0.15, 0.2) is 23.0 Å². The minimum Gasteiger partial charge on any atom is -0.501 e. The van der Waals surface area contributed by atoms with Crippen molar-refractivity contribution in [2.24, 2.45) is 5.41 Å². The zero-order valence-corrected chi connectivity index (χ0v) is 26.7. The van der Waals surface area contributed by atoms with Crippen LogP contribution in [0.1, 0.15) is 66.0 Å². The first-order chi connectivity index (χ1) is 21.3. The zero-order chi connectivity index (χ0) is 32.7. The number of nitrogens with zero attached hydrogens (tertiary/aromatic N) is 5. The van der Waals surface area contributed by atoms with Gasteiger partial charge in [-0.15, -0.1) is 0 Å². The molecule has 2 aromatic rings. The number of likely N-dealkylation sites (tertiary alicyclic amines) is 1. The van der Waals surface area contributed by atoms with Crippen molar-refractivity contribution in [2.45, 2.75) is 70.1 Å². The quantitative estimate of drug-likeness (QED) is 0.423. The first-order valence-corrected chi connectivity index (χ1v) is 15.4. The highest BCUT2D eigenvalue weighted by molar-refractivity contribution is 6.34. The third-order valence-electron chi connectivity index (χ3n) is 10.0. The van der Waals surface area contributed by atoms with E-state index in [4.69, 9.17) is 4.74 Å². The van der Waals surface area contributed by atoms with Gasteiger partial charge in [0.25, 0.3) is 11.5 Å². The van der Waals surface area contributed by atoms with E-state index in [1.54, 1.807) is 20.1 Å². The summed E-state index contributed by atoms with van der Waals surface area (Å²) in [6.07, 6.45) is 4.20. The monoisotopic (exact) mass is 626 g/mol. The number of hydrogen-bond donors (Lipinski definition) is 2. The molecule has 6 rings (SSSR count). The van der Waals surface area contributed by atoms with Gasteiger partial charge in [-0.2, -0.15) is 0 Å². The van der Waals surface area contributed by atoms with Gasteiger partial charge in [-0.1, -0.05) is 12.1 Å². The number of nitrogens with one attached hydrogen (secondary N) is 1. The molecule has 1 saturated carbocycles. The van der Waals surface area contributed by atoms with Crippen LogP contribution in [-0.4, -0.2) is 101 Å². The molecule has 1 aliphatic carbocycles. The number of carbonyl (C=O) groups excluding carboxylic acids is 3. The SMILES string of the molecule is COC[C@@H]1CCCN1CC12CCC(N(C)C(=O)C(=O)N(C)C)(CC1)c1nc(C(=O)NCc3ccc(F)c(C)c3)c(O)c(=O)n1C2. The number of aromatic hydroxyl groups is 1. The van der Waals surface area contributed by atoms with Crippen LogP contribution in [0.2, 0.25) is 0 Å². The van der Waals surface area contributed by atoms with Crippen molar-refractivity contribution >= 4 is 17.7 Å². The Bertz CT molecular complexity index is 1550. The fraction of sp³-hybridized carbons (Fsp3) is 0.594. The van der Waals surface area contributed by atoms with Gasteiger partial charge in [-0.05, 0) is 69.2 Å². The molecule has 2 bridgehead atoms. The van der Waals surface area contributed by atoms with E-state index in [-0.39, 0.29) is 36.2 Å². The normalized spacial score (nSPS) is 24.2. The lowest BCUT2D eigenvalue weighted by Crippen LogP contribution is -2.55. The molecule has 2 N–H and O–H groups in total. The maximum absolute atomic E-state index is 13.9. The van der Waals surface area contributed by atoms with Crippen LogP contribution in [0.4, 0.5) is 4.39 Å². The second kappa shape index (κ2) is 12.5. The van der Waals surface area contributed by atoms with Gasteiger partial charge in [0.15, 0.2) is 5.69 Å². The van der Waals surface area contributed by atoms with Gasteiger partial charge in [0, 0.05) is 59.3 Å². The van der Waals surface area contributed by atoms with Gasteiger partial charge in [0.2, 0.25) is 5.75 Å². The first-order valence-electron chi connectivity index (χ1n) is 15.4. The van der Waals surface area contributed by atoms with Gasteiger partial charge in [-0.25, -0.2) is 9.37 Å². The number of aromatic nitrogens is 2. The van der Waals surface area contributed by atoms with E-state index in [1.165, 1.54) is 47.6 Å². The molecule has 1 aromatic heterocycles. The number of aryl methyl sites for hydroxylation is 1. The molecule has 1 aromatic carbocycles. The summed E-state index contributed by atoms with van der Waals surface area (Å²) in [6, 6.07) is 4.70. The Labute approximate surface area is 262 Å². The topological polar surface area (TPSA) is 137 Å². The van der Waals surface area contributed by atoms with E-state index in [2.05, 4.69) is 15.2 Å². The Morgan fingerprint density at radius 1 is 1.16 bits per heavy atom. The summed E-state index contributed by atoms with van der Waals surface area (Å²) >= 11 is 0. The molecule has 2 fully saturated rings. The van der Waals surface area contributed by atoms with Crippen molar-refractivity contribution in [3.05, 3.63) is 57.0 Å². The summed E-state index contributed by atoms with van der Waals surface area (Å²) in [5.41, 5.74) is -1.69. The van der Waals surface area contributed by atoms with E-state index in [1.807, 2.05) is 0 Å². The van der Waals surface area contributed by atoms with Crippen molar-refractivity contribution in [3.63, 3.8) is 0 Å². The molecular formula is C32H43FN6O6. The smallest absolute Gasteiger partial charge is 0.312 e. The standard InChI is InChI=1S/C32H43FN6O6/c1-20-15-21(8-9-23(20)33)16-34-26(41)24-25(40)27(42)39-19-31(18-38-14-6-7-22(38)17-45-5)10-12-32(13-11-31,30(39)35-24)37(4)29(44)28(43)36(2)3/h8-9,15,22,40H,6-7,10-14,16-19H2,1-5H3,(H,34,41)/t22-,31?,32?/m0/s1. The number of hydrogen-bond acceptors (Lipinski definition) is 8. The first kappa shape index (κ1) is 32.6. The van der Waals surface area contributed by atoms with Crippen LogP contribution in [0.3, 0.4) is 0 Å². The molecule has 45 heavy (non-hydrogen) atoms. The van der Waals surface area contributed by atoms with Crippen LogP contribution >= 0.6 is 0 Å². The predicted octanol–water partition coefficient (Wildman–Crippen LogP) is 1.75. The number of carbonyl (C=O) groups is 3. The largest absolute Gasteiger partial charge is 0.501 e. The van der Waals surface area contributed by atoms with E-state index < -0.39 is 40.3 Å². The highest BCUT2D eigenvalue weighted by atomic mass is 19.1. The van der Waals surface area contributed by atoms with Crippen LogP contribution in [0, 0.1) is 18.2 Å². The van der Waals surface area contributed by atoms with Gasteiger partial charge in [-0.3, -0.25) is 28.6 Å².